The van der Waals surface area contributed by atoms with Crippen molar-refractivity contribution in [1.29, 1.82) is 0 Å². The second-order valence-electron chi connectivity index (χ2n) is 5.15. The number of aromatic nitrogens is 3. The second kappa shape index (κ2) is 5.93. The van der Waals surface area contributed by atoms with Crippen LogP contribution in [0.4, 0.5) is 0 Å². The number of fused-ring (bicyclic) bond motifs is 1. The van der Waals surface area contributed by atoms with Crippen LogP contribution in [0.3, 0.4) is 0 Å². The highest BCUT2D eigenvalue weighted by molar-refractivity contribution is 5.66. The fraction of sp³-hybridized carbons (Fsp3) is 0.0526. The molecule has 4 heteroatoms. The molecule has 0 unspecified atom stereocenters. The topological polar surface area (TPSA) is 39.4 Å². The van der Waals surface area contributed by atoms with Crippen LogP contribution < -0.4 is 4.74 Å². The number of rotatable bonds is 4. The first-order valence-corrected chi connectivity index (χ1v) is 7.39. The fourth-order valence-electron chi connectivity index (χ4n) is 2.48. The maximum atomic E-state index is 6.00. The summed E-state index contributed by atoms with van der Waals surface area (Å²) < 4.78 is 7.91. The molecule has 0 aliphatic carbocycles. The van der Waals surface area contributed by atoms with Gasteiger partial charge in [-0.2, -0.15) is 0 Å². The molecule has 0 N–H and O–H groups in total. The van der Waals surface area contributed by atoms with Crippen LogP contribution in [0.2, 0.25) is 0 Å². The van der Waals surface area contributed by atoms with Gasteiger partial charge in [-0.25, -0.2) is 0 Å². The summed E-state index contributed by atoms with van der Waals surface area (Å²) in [4.78, 5) is 0. The Kier molecular flexibility index (Phi) is 3.48. The van der Waals surface area contributed by atoms with Crippen molar-refractivity contribution in [2.75, 3.05) is 0 Å². The van der Waals surface area contributed by atoms with Crippen molar-refractivity contribution < 1.29 is 4.74 Å². The molecule has 0 saturated heterocycles. The molecular weight excluding hydrogens is 286 g/mol. The minimum absolute atomic E-state index is 0.515. The molecule has 1 radical (unpaired) electrons. The quantitative estimate of drug-likeness (QED) is 0.576. The lowest BCUT2D eigenvalue weighted by molar-refractivity contribution is 0.307. The van der Waals surface area contributed by atoms with E-state index in [9.17, 15) is 0 Å². The van der Waals surface area contributed by atoms with E-state index in [1.54, 1.807) is 0 Å². The first-order valence-electron chi connectivity index (χ1n) is 7.39. The fourth-order valence-corrected chi connectivity index (χ4v) is 2.48. The average Bonchev–Trinajstić information content (AvgIpc) is 3.05. The lowest BCUT2D eigenvalue weighted by atomic mass is 10.2. The van der Waals surface area contributed by atoms with Gasteiger partial charge in [0.2, 0.25) is 0 Å². The van der Waals surface area contributed by atoms with E-state index in [4.69, 9.17) is 4.74 Å². The number of ether oxygens (including phenoxy) is 1. The molecule has 4 aromatic rings. The van der Waals surface area contributed by atoms with Gasteiger partial charge in [-0.3, -0.25) is 4.40 Å². The molecule has 4 nitrogen and oxygen atoms in total. The summed E-state index contributed by atoms with van der Waals surface area (Å²) in [5.74, 6) is 1.54. The molecular formula is C19H14N3O. The highest BCUT2D eigenvalue weighted by Crippen LogP contribution is 2.29. The zero-order chi connectivity index (χ0) is 15.5. The first kappa shape index (κ1) is 13.5. The second-order valence-corrected chi connectivity index (χ2v) is 5.15. The number of benzene rings is 2. The van der Waals surface area contributed by atoms with Crippen LogP contribution in [0.25, 0.3) is 17.0 Å². The van der Waals surface area contributed by atoms with Gasteiger partial charge in [0, 0.05) is 12.3 Å². The number of pyridine rings is 1. The van der Waals surface area contributed by atoms with Crippen LogP contribution >= 0.6 is 0 Å². The van der Waals surface area contributed by atoms with Crippen LogP contribution in [-0.4, -0.2) is 14.6 Å². The van der Waals surface area contributed by atoms with Crippen molar-refractivity contribution in [2.24, 2.45) is 0 Å². The zero-order valence-electron chi connectivity index (χ0n) is 12.4. The van der Waals surface area contributed by atoms with E-state index < -0.39 is 0 Å². The summed E-state index contributed by atoms with van der Waals surface area (Å²) in [6.45, 7) is 0.515. The molecule has 23 heavy (non-hydrogen) atoms. The smallest absolute Gasteiger partial charge is 0.172 e. The van der Waals surface area contributed by atoms with Crippen LogP contribution in [0.1, 0.15) is 5.56 Å². The lowest BCUT2D eigenvalue weighted by Crippen LogP contribution is -1.98. The van der Waals surface area contributed by atoms with Crippen LogP contribution in [0.5, 0.6) is 5.75 Å². The van der Waals surface area contributed by atoms with E-state index in [-0.39, 0.29) is 0 Å². The van der Waals surface area contributed by atoms with Gasteiger partial charge in [-0.15, -0.1) is 10.2 Å². The maximum absolute atomic E-state index is 6.00. The van der Waals surface area contributed by atoms with Crippen molar-refractivity contribution in [1.82, 2.24) is 14.6 Å². The average molecular weight is 300 g/mol. The van der Waals surface area contributed by atoms with Crippen molar-refractivity contribution in [3.8, 4) is 17.1 Å². The Hall–Kier alpha value is -3.14. The minimum Gasteiger partial charge on any atom is -0.488 e. The summed E-state index contributed by atoms with van der Waals surface area (Å²) in [5.41, 5.74) is 2.83. The molecule has 0 atom stereocenters. The molecule has 2 aromatic heterocycles. The summed E-state index contributed by atoms with van der Waals surface area (Å²) >= 11 is 0. The van der Waals surface area contributed by atoms with E-state index >= 15 is 0 Å². The maximum Gasteiger partial charge on any atom is 0.172 e. The van der Waals surface area contributed by atoms with E-state index in [0.29, 0.717) is 6.61 Å². The largest absolute Gasteiger partial charge is 0.488 e. The predicted molar refractivity (Wildman–Crippen MR) is 88.0 cm³/mol. The third kappa shape index (κ3) is 2.66. The SMILES string of the molecule is [c]1ccc2nnc(-c3ccccc3OCc3ccccc3)n2c1. The highest BCUT2D eigenvalue weighted by atomic mass is 16.5. The molecule has 111 valence electrons. The summed E-state index contributed by atoms with van der Waals surface area (Å²) in [6, 6.07) is 24.7. The van der Waals surface area contributed by atoms with Gasteiger partial charge in [0.15, 0.2) is 11.5 Å². The van der Waals surface area contributed by atoms with Gasteiger partial charge in [0.05, 0.1) is 5.56 Å². The molecule has 2 heterocycles. The summed E-state index contributed by atoms with van der Waals surface area (Å²) in [7, 11) is 0. The van der Waals surface area contributed by atoms with E-state index in [2.05, 4.69) is 16.3 Å². The molecule has 0 amide bonds. The molecule has 0 saturated carbocycles. The third-order valence-corrected chi connectivity index (χ3v) is 3.62. The molecule has 0 spiro atoms. The standard InChI is InChI=1S/C19H14N3O/c1-2-8-15(9-3-1)14-23-17-11-5-4-10-16(17)19-21-20-18-12-6-7-13-22(18)19/h1-6,8-13H,14H2. The Labute approximate surface area is 134 Å². The lowest BCUT2D eigenvalue weighted by Gasteiger charge is -2.10. The third-order valence-electron chi connectivity index (χ3n) is 3.62. The molecule has 0 fully saturated rings. The number of nitrogens with zero attached hydrogens (tertiary/aromatic N) is 3. The van der Waals surface area contributed by atoms with Gasteiger partial charge in [-0.1, -0.05) is 42.5 Å². The molecule has 4 rings (SSSR count). The number of hydrogen-bond acceptors (Lipinski definition) is 3. The monoisotopic (exact) mass is 300 g/mol. The minimum atomic E-state index is 0.515. The zero-order valence-corrected chi connectivity index (χ0v) is 12.4. The van der Waals surface area contributed by atoms with Gasteiger partial charge >= 0.3 is 0 Å². The normalized spacial score (nSPS) is 10.8. The van der Waals surface area contributed by atoms with Gasteiger partial charge in [0.1, 0.15) is 12.4 Å². The number of para-hydroxylation sites is 1. The van der Waals surface area contributed by atoms with E-state index in [0.717, 1.165) is 28.3 Å². The van der Waals surface area contributed by atoms with Crippen LogP contribution in [0, 0.1) is 6.07 Å². The Balaban J connectivity index is 1.70. The van der Waals surface area contributed by atoms with Gasteiger partial charge in [0.25, 0.3) is 0 Å². The van der Waals surface area contributed by atoms with Gasteiger partial charge in [-0.05, 0) is 29.8 Å². The Morgan fingerprint density at radius 1 is 0.913 bits per heavy atom. The van der Waals surface area contributed by atoms with Crippen LogP contribution in [0.15, 0.2) is 72.9 Å². The van der Waals surface area contributed by atoms with E-state index in [1.807, 2.05) is 77.3 Å². The van der Waals surface area contributed by atoms with Crippen molar-refractivity contribution in [3.63, 3.8) is 0 Å². The molecule has 0 aliphatic rings. The number of hydrogen-bond donors (Lipinski definition) is 0. The summed E-state index contributed by atoms with van der Waals surface area (Å²) in [5, 5.41) is 8.49. The van der Waals surface area contributed by atoms with Gasteiger partial charge < -0.3 is 4.74 Å². The molecule has 0 aliphatic heterocycles. The molecule has 0 bridgehead atoms. The Morgan fingerprint density at radius 3 is 2.65 bits per heavy atom. The highest BCUT2D eigenvalue weighted by Gasteiger charge is 2.12. The van der Waals surface area contributed by atoms with Crippen LogP contribution in [-0.2, 0) is 6.61 Å². The van der Waals surface area contributed by atoms with Crippen molar-refractivity contribution in [3.05, 3.63) is 84.6 Å². The van der Waals surface area contributed by atoms with Crippen molar-refractivity contribution >= 4 is 5.65 Å². The van der Waals surface area contributed by atoms with Crippen molar-refractivity contribution in [2.45, 2.75) is 6.61 Å². The molecule has 2 aromatic carbocycles. The first-order chi connectivity index (χ1) is 11.4. The Bertz CT molecular complexity index is 931. The van der Waals surface area contributed by atoms with E-state index in [1.165, 1.54) is 0 Å². The predicted octanol–water partition coefficient (Wildman–Crippen LogP) is 3.78. The summed E-state index contributed by atoms with van der Waals surface area (Å²) in [6.07, 6.45) is 1.83. The Morgan fingerprint density at radius 2 is 1.74 bits per heavy atom.